The van der Waals surface area contributed by atoms with E-state index < -0.39 is 0 Å². The minimum Gasteiger partial charge on any atom is -0.433 e. The van der Waals surface area contributed by atoms with E-state index in [4.69, 9.17) is 24.4 Å². The number of hydrogen-bond acceptors (Lipinski definition) is 5. The summed E-state index contributed by atoms with van der Waals surface area (Å²) in [6.07, 6.45) is 4.92. The molecule has 0 aliphatic rings. The molecule has 0 fully saturated rings. The van der Waals surface area contributed by atoms with Gasteiger partial charge in [-0.05, 0) is 37.3 Å². The monoisotopic (exact) mass is 313 g/mol. The third-order valence-corrected chi connectivity index (χ3v) is 3.70. The molecular weight excluding hydrogens is 292 g/mol. The van der Waals surface area contributed by atoms with E-state index in [-0.39, 0.29) is 0 Å². The van der Waals surface area contributed by atoms with Crippen LogP contribution < -0.4 is 0 Å². The molecule has 0 atom stereocenters. The van der Waals surface area contributed by atoms with Gasteiger partial charge in [0.25, 0.3) is 0 Å². The van der Waals surface area contributed by atoms with Gasteiger partial charge in [-0.3, -0.25) is 0 Å². The highest BCUT2D eigenvalue weighted by Gasteiger charge is 1.81. The molecule has 0 saturated heterocycles. The van der Waals surface area contributed by atoms with Crippen LogP contribution in [0.3, 0.4) is 0 Å². The van der Waals surface area contributed by atoms with Gasteiger partial charge in [0.05, 0.1) is 0 Å². The van der Waals surface area contributed by atoms with Gasteiger partial charge in [-0.1, -0.05) is 45.2 Å². The van der Waals surface area contributed by atoms with Crippen molar-refractivity contribution < 1.29 is 0 Å². The molecule has 0 aliphatic carbocycles. The summed E-state index contributed by atoms with van der Waals surface area (Å²) in [7, 11) is 0. The lowest BCUT2D eigenvalue weighted by Gasteiger charge is -1.92. The Bertz CT molecular complexity index is 179. The molecule has 16 heavy (non-hydrogen) atoms. The first kappa shape index (κ1) is 22.1. The van der Waals surface area contributed by atoms with E-state index in [1.54, 1.807) is 11.8 Å². The van der Waals surface area contributed by atoms with Gasteiger partial charge in [0.1, 0.15) is 0 Å². The Labute approximate surface area is 127 Å². The van der Waals surface area contributed by atoms with Crippen LogP contribution in [-0.2, 0) is 12.6 Å². The van der Waals surface area contributed by atoms with Crippen molar-refractivity contribution in [1.82, 2.24) is 0 Å². The lowest BCUT2D eigenvalue weighted by Crippen LogP contribution is -1.77. The van der Waals surface area contributed by atoms with Gasteiger partial charge in [-0.25, -0.2) is 0 Å². The second-order valence-electron chi connectivity index (χ2n) is 2.71. The molecule has 0 rings (SSSR count). The quantitative estimate of drug-likeness (QED) is 0.521. The normalized spacial score (nSPS) is 7.81. The highest BCUT2D eigenvalue weighted by atomic mass is 32.2. The van der Waals surface area contributed by atoms with Gasteiger partial charge >= 0.3 is 0 Å². The standard InChI is InChI=1S/C4H8S2.C4H8S.C3H6S2/c1-3-4(5)6-2;1-3-4(2)5;1-2-3(4)5/h3H2,1-2H3;3H2,1-2H3;2H2,1H3,(H,4,5)/p-1. The van der Waals surface area contributed by atoms with Crippen LogP contribution in [0.25, 0.3) is 0 Å². The molecule has 0 aromatic rings. The summed E-state index contributed by atoms with van der Waals surface area (Å²) < 4.78 is 1.76. The smallest absolute Gasteiger partial charge is 0.0473 e. The average Bonchev–Trinajstić information content (AvgIpc) is 2.29. The van der Waals surface area contributed by atoms with Crippen LogP contribution in [0.4, 0.5) is 0 Å². The molecule has 0 unspecified atom stereocenters. The number of hydrogen-bond donors (Lipinski definition) is 0. The fourth-order valence-electron chi connectivity index (χ4n) is 0.144. The first-order chi connectivity index (χ1) is 7.35. The maximum atomic E-state index is 4.82. The first-order valence-corrected chi connectivity index (χ1v) is 7.97. The number of thioether (sulfide) groups is 1. The Morgan fingerprint density at radius 2 is 1.31 bits per heavy atom. The summed E-state index contributed by atoms with van der Waals surface area (Å²) in [5.74, 6) is 0. The van der Waals surface area contributed by atoms with Crippen LogP contribution >= 0.6 is 48.4 Å². The van der Waals surface area contributed by atoms with Gasteiger partial charge in [0.2, 0.25) is 0 Å². The van der Waals surface area contributed by atoms with Crippen molar-refractivity contribution in [1.29, 1.82) is 0 Å². The molecule has 0 bridgehead atoms. The zero-order chi connectivity index (χ0) is 13.6. The highest BCUT2D eigenvalue weighted by molar-refractivity contribution is 8.22. The van der Waals surface area contributed by atoms with E-state index in [0.29, 0.717) is 4.20 Å². The summed E-state index contributed by atoms with van der Waals surface area (Å²) >= 11 is 20.2. The molecule has 0 aromatic heterocycles. The van der Waals surface area contributed by atoms with Gasteiger partial charge in [-0.2, -0.15) is 4.20 Å². The number of rotatable bonds is 3. The third kappa shape index (κ3) is 36.4. The lowest BCUT2D eigenvalue weighted by molar-refractivity contribution is 1.31. The molecule has 0 amide bonds. The van der Waals surface area contributed by atoms with Gasteiger partial charge < -0.3 is 24.8 Å². The van der Waals surface area contributed by atoms with E-state index >= 15 is 0 Å². The summed E-state index contributed by atoms with van der Waals surface area (Å²) in [5.41, 5.74) is 0. The van der Waals surface area contributed by atoms with Crippen molar-refractivity contribution in [3.63, 3.8) is 0 Å². The summed E-state index contributed by atoms with van der Waals surface area (Å²) in [4.78, 5) is 1.09. The van der Waals surface area contributed by atoms with Crippen LogP contribution in [0.1, 0.15) is 47.0 Å². The van der Waals surface area contributed by atoms with E-state index in [1.807, 2.05) is 20.1 Å². The second kappa shape index (κ2) is 18.2. The SMILES string of the molecule is CCC(=S)SC.CCC(=S)[S-].CCC(C)=S. The van der Waals surface area contributed by atoms with E-state index in [1.165, 1.54) is 0 Å². The molecule has 0 spiro atoms. The topological polar surface area (TPSA) is 0 Å². The number of thiocarbonyl (C=S) groups is 3. The zero-order valence-electron chi connectivity index (χ0n) is 10.7. The Morgan fingerprint density at radius 1 is 1.00 bits per heavy atom. The average molecular weight is 314 g/mol. The molecule has 5 heteroatoms. The molecule has 0 heterocycles. The highest BCUT2D eigenvalue weighted by Crippen LogP contribution is 1.99. The van der Waals surface area contributed by atoms with E-state index in [9.17, 15) is 0 Å². The molecule has 0 radical (unpaired) electrons. The Kier molecular flexibility index (Phi) is 25.1. The lowest BCUT2D eigenvalue weighted by atomic mass is 10.4. The fourth-order valence-corrected chi connectivity index (χ4v) is 0.433. The fraction of sp³-hybridized carbons (Fsp3) is 0.727. The molecule has 96 valence electrons. The van der Waals surface area contributed by atoms with Crippen molar-refractivity contribution in [3.8, 4) is 0 Å². The maximum Gasteiger partial charge on any atom is 0.0473 e. The Morgan fingerprint density at radius 3 is 1.31 bits per heavy atom. The van der Waals surface area contributed by atoms with Crippen LogP contribution in [0.2, 0.25) is 0 Å². The van der Waals surface area contributed by atoms with E-state index in [0.717, 1.165) is 28.3 Å². The van der Waals surface area contributed by atoms with Gasteiger partial charge in [-0.15, -0.1) is 11.8 Å². The molecule has 0 saturated carbocycles. The van der Waals surface area contributed by atoms with Crippen LogP contribution in [0, 0.1) is 0 Å². The molecule has 0 aromatic carbocycles. The van der Waals surface area contributed by atoms with Crippen LogP contribution in [0.5, 0.6) is 0 Å². The van der Waals surface area contributed by atoms with Gasteiger partial charge in [0, 0.05) is 4.20 Å². The van der Waals surface area contributed by atoms with Crippen molar-refractivity contribution >= 4 is 74.3 Å². The first-order valence-electron chi connectivity index (χ1n) is 5.11. The van der Waals surface area contributed by atoms with Crippen LogP contribution in [0.15, 0.2) is 0 Å². The van der Waals surface area contributed by atoms with Gasteiger partial charge in [0.15, 0.2) is 0 Å². The minimum absolute atomic E-state index is 0.671. The third-order valence-electron chi connectivity index (χ3n) is 1.30. The Hall–Kier alpha value is 0.840. The van der Waals surface area contributed by atoms with Crippen molar-refractivity contribution in [3.05, 3.63) is 0 Å². The second-order valence-corrected chi connectivity index (χ2v) is 6.30. The summed E-state index contributed by atoms with van der Waals surface area (Å²) in [6, 6.07) is 0. The summed E-state index contributed by atoms with van der Waals surface area (Å²) in [6.45, 7) is 8.03. The molecular formula is C11H21S5-. The largest absolute Gasteiger partial charge is 0.433 e. The Balaban J connectivity index is -0.000000160. The van der Waals surface area contributed by atoms with Crippen LogP contribution in [-0.4, -0.2) is 19.5 Å². The predicted molar refractivity (Wildman–Crippen MR) is 95.2 cm³/mol. The summed E-state index contributed by atoms with van der Waals surface area (Å²) in [5, 5.41) is 0. The predicted octanol–water partition coefficient (Wildman–Crippen LogP) is 5.14. The van der Waals surface area contributed by atoms with Crippen molar-refractivity contribution in [2.75, 3.05) is 6.26 Å². The molecule has 0 aliphatic heterocycles. The zero-order valence-corrected chi connectivity index (χ0v) is 14.7. The van der Waals surface area contributed by atoms with Crippen molar-refractivity contribution in [2.24, 2.45) is 0 Å². The van der Waals surface area contributed by atoms with Crippen molar-refractivity contribution in [2.45, 2.75) is 47.0 Å². The minimum atomic E-state index is 0.671. The molecule has 0 nitrogen and oxygen atoms in total. The van der Waals surface area contributed by atoms with E-state index in [2.05, 4.69) is 38.7 Å². The molecule has 0 N–H and O–H groups in total. The maximum absolute atomic E-state index is 4.82.